The molecule has 0 spiro atoms. The highest BCUT2D eigenvalue weighted by Gasteiger charge is 2.23. The van der Waals surface area contributed by atoms with E-state index in [9.17, 15) is 9.59 Å². The molecule has 1 unspecified atom stereocenters. The molecule has 6 heteroatoms. The molecule has 0 aliphatic rings. The molecule has 6 nitrogen and oxygen atoms in total. The average molecular weight is 389 g/mol. The Bertz CT molecular complexity index is 942. The number of hydrogen-bond donors (Lipinski definition) is 1. The van der Waals surface area contributed by atoms with Crippen LogP contribution < -0.4 is 10.1 Å². The normalized spacial score (nSPS) is 11.4. The lowest BCUT2D eigenvalue weighted by Crippen LogP contribution is -2.47. The van der Waals surface area contributed by atoms with E-state index in [1.165, 1.54) is 4.90 Å². The second-order valence-electron chi connectivity index (χ2n) is 6.76. The van der Waals surface area contributed by atoms with Crippen molar-refractivity contribution in [1.82, 2.24) is 15.2 Å². The summed E-state index contributed by atoms with van der Waals surface area (Å²) in [6.07, 6.45) is 3.70. The lowest BCUT2D eigenvalue weighted by molar-refractivity contribution is -0.130. The van der Waals surface area contributed by atoms with E-state index in [0.717, 1.165) is 5.56 Å². The van der Waals surface area contributed by atoms with Gasteiger partial charge in [0.1, 0.15) is 17.5 Å². The highest BCUT2D eigenvalue weighted by Crippen LogP contribution is 2.20. The van der Waals surface area contributed by atoms with Crippen molar-refractivity contribution in [2.75, 3.05) is 14.1 Å². The number of carbonyl (C=O) groups excluding carboxylic acids is 2. The summed E-state index contributed by atoms with van der Waals surface area (Å²) >= 11 is 0. The zero-order valence-corrected chi connectivity index (χ0v) is 16.4. The molecular weight excluding hydrogens is 366 g/mol. The van der Waals surface area contributed by atoms with Crippen LogP contribution >= 0.6 is 0 Å². The Labute approximate surface area is 170 Å². The van der Waals surface area contributed by atoms with Crippen LogP contribution in [-0.2, 0) is 11.2 Å². The number of hydrogen-bond acceptors (Lipinski definition) is 4. The number of aromatic nitrogens is 1. The van der Waals surface area contributed by atoms with Crippen LogP contribution in [-0.4, -0.2) is 41.8 Å². The fourth-order valence-corrected chi connectivity index (χ4v) is 2.82. The molecule has 2 amide bonds. The third kappa shape index (κ3) is 5.65. The first-order valence-electron chi connectivity index (χ1n) is 9.27. The van der Waals surface area contributed by atoms with E-state index in [0.29, 0.717) is 23.5 Å². The minimum Gasteiger partial charge on any atom is -0.456 e. The second kappa shape index (κ2) is 9.50. The van der Waals surface area contributed by atoms with Crippen LogP contribution in [0.1, 0.15) is 15.9 Å². The van der Waals surface area contributed by atoms with Crippen LogP contribution in [0.4, 0.5) is 0 Å². The lowest BCUT2D eigenvalue weighted by atomic mass is 10.0. The molecule has 1 heterocycles. The largest absolute Gasteiger partial charge is 0.456 e. The lowest BCUT2D eigenvalue weighted by Gasteiger charge is -2.22. The van der Waals surface area contributed by atoms with Gasteiger partial charge in [0.2, 0.25) is 5.91 Å². The smallest absolute Gasteiger partial charge is 0.251 e. The van der Waals surface area contributed by atoms with Gasteiger partial charge >= 0.3 is 0 Å². The number of carbonyl (C=O) groups is 2. The van der Waals surface area contributed by atoms with Crippen molar-refractivity contribution in [3.05, 3.63) is 90.3 Å². The summed E-state index contributed by atoms with van der Waals surface area (Å²) in [5.41, 5.74) is 1.43. The van der Waals surface area contributed by atoms with E-state index in [1.54, 1.807) is 62.9 Å². The Morgan fingerprint density at radius 1 is 0.966 bits per heavy atom. The van der Waals surface area contributed by atoms with Gasteiger partial charge < -0.3 is 15.0 Å². The summed E-state index contributed by atoms with van der Waals surface area (Å²) < 4.78 is 5.69. The second-order valence-corrected chi connectivity index (χ2v) is 6.76. The maximum atomic E-state index is 12.7. The van der Waals surface area contributed by atoms with Gasteiger partial charge in [-0.25, -0.2) is 0 Å². The highest BCUT2D eigenvalue weighted by atomic mass is 16.5. The van der Waals surface area contributed by atoms with Gasteiger partial charge in [-0.2, -0.15) is 0 Å². The van der Waals surface area contributed by atoms with Crippen LogP contribution in [0, 0.1) is 0 Å². The summed E-state index contributed by atoms with van der Waals surface area (Å²) in [4.78, 5) is 30.8. The number of amides is 2. The van der Waals surface area contributed by atoms with Crippen molar-refractivity contribution in [2.24, 2.45) is 0 Å². The molecule has 0 radical (unpaired) electrons. The third-order valence-electron chi connectivity index (χ3n) is 4.31. The number of rotatable bonds is 7. The SMILES string of the molecule is CN(C)C(=O)C(Cc1ccccc1)NC(=O)c1ccc(Oc2cccnc2)cc1. The molecule has 148 valence electrons. The Balaban J connectivity index is 1.69. The molecular formula is C23H23N3O3. The molecule has 0 fully saturated rings. The maximum absolute atomic E-state index is 12.7. The predicted molar refractivity (Wildman–Crippen MR) is 111 cm³/mol. The zero-order valence-electron chi connectivity index (χ0n) is 16.4. The highest BCUT2D eigenvalue weighted by molar-refractivity contribution is 5.97. The standard InChI is InChI=1S/C23H23N3O3/c1-26(2)23(28)21(15-17-7-4-3-5-8-17)25-22(27)18-10-12-19(13-11-18)29-20-9-6-14-24-16-20/h3-14,16,21H,15H2,1-2H3,(H,25,27). The number of benzene rings is 2. The third-order valence-corrected chi connectivity index (χ3v) is 4.31. The summed E-state index contributed by atoms with van der Waals surface area (Å²) in [7, 11) is 3.36. The van der Waals surface area contributed by atoms with Gasteiger partial charge in [0, 0.05) is 32.3 Å². The predicted octanol–water partition coefficient (Wildman–Crippen LogP) is 3.30. The van der Waals surface area contributed by atoms with Crippen LogP contribution in [0.2, 0.25) is 0 Å². The molecule has 0 bridgehead atoms. The van der Waals surface area contributed by atoms with Gasteiger partial charge in [-0.1, -0.05) is 30.3 Å². The van der Waals surface area contributed by atoms with Gasteiger partial charge in [0.15, 0.2) is 0 Å². The monoisotopic (exact) mass is 389 g/mol. The van der Waals surface area contributed by atoms with Gasteiger partial charge in [-0.3, -0.25) is 14.6 Å². The van der Waals surface area contributed by atoms with Gasteiger partial charge in [0.05, 0.1) is 6.20 Å². The molecule has 0 saturated carbocycles. The van der Waals surface area contributed by atoms with Crippen LogP contribution in [0.3, 0.4) is 0 Å². The van der Waals surface area contributed by atoms with Crippen molar-refractivity contribution in [1.29, 1.82) is 0 Å². The number of likely N-dealkylation sites (N-methyl/N-ethyl adjacent to an activating group) is 1. The molecule has 0 aliphatic carbocycles. The van der Waals surface area contributed by atoms with Crippen molar-refractivity contribution in [3.8, 4) is 11.5 Å². The van der Waals surface area contributed by atoms with Crippen molar-refractivity contribution < 1.29 is 14.3 Å². The van der Waals surface area contributed by atoms with Crippen LogP contribution in [0.15, 0.2) is 79.1 Å². The van der Waals surface area contributed by atoms with E-state index < -0.39 is 6.04 Å². The average Bonchev–Trinajstić information content (AvgIpc) is 2.74. The van der Waals surface area contributed by atoms with Crippen LogP contribution in [0.5, 0.6) is 11.5 Å². The zero-order chi connectivity index (χ0) is 20.6. The molecule has 29 heavy (non-hydrogen) atoms. The van der Waals surface area contributed by atoms with E-state index >= 15 is 0 Å². The maximum Gasteiger partial charge on any atom is 0.251 e. The molecule has 0 saturated heterocycles. The van der Waals surface area contributed by atoms with E-state index in [2.05, 4.69) is 10.3 Å². The summed E-state index contributed by atoms with van der Waals surface area (Å²) in [5, 5.41) is 2.85. The fourth-order valence-electron chi connectivity index (χ4n) is 2.82. The van der Waals surface area contributed by atoms with Gasteiger partial charge in [-0.15, -0.1) is 0 Å². The molecule has 1 aromatic heterocycles. The quantitative estimate of drug-likeness (QED) is 0.673. The minimum absolute atomic E-state index is 0.154. The first kappa shape index (κ1) is 20.1. The Morgan fingerprint density at radius 3 is 2.31 bits per heavy atom. The van der Waals surface area contributed by atoms with Gasteiger partial charge in [0.25, 0.3) is 5.91 Å². The topological polar surface area (TPSA) is 71.5 Å². The molecule has 3 aromatic rings. The summed E-state index contributed by atoms with van der Waals surface area (Å²) in [6.45, 7) is 0. The Kier molecular flexibility index (Phi) is 6.58. The first-order chi connectivity index (χ1) is 14.0. The number of nitrogens with zero attached hydrogens (tertiary/aromatic N) is 2. The summed E-state index contributed by atoms with van der Waals surface area (Å²) in [6, 6.07) is 19.3. The van der Waals surface area contributed by atoms with Crippen LogP contribution in [0.25, 0.3) is 0 Å². The number of ether oxygens (including phenoxy) is 1. The Hall–Kier alpha value is -3.67. The minimum atomic E-state index is -0.647. The fraction of sp³-hybridized carbons (Fsp3) is 0.174. The van der Waals surface area contributed by atoms with Crippen molar-refractivity contribution in [3.63, 3.8) is 0 Å². The molecule has 3 rings (SSSR count). The molecule has 0 aliphatic heterocycles. The number of pyridine rings is 1. The van der Waals surface area contributed by atoms with Crippen molar-refractivity contribution >= 4 is 11.8 Å². The molecule has 2 aromatic carbocycles. The number of nitrogens with one attached hydrogen (secondary N) is 1. The van der Waals surface area contributed by atoms with E-state index in [1.807, 2.05) is 30.3 Å². The molecule has 1 N–H and O–H groups in total. The van der Waals surface area contributed by atoms with E-state index in [4.69, 9.17) is 4.74 Å². The van der Waals surface area contributed by atoms with Crippen molar-refractivity contribution in [2.45, 2.75) is 12.5 Å². The first-order valence-corrected chi connectivity index (χ1v) is 9.27. The Morgan fingerprint density at radius 2 is 1.69 bits per heavy atom. The van der Waals surface area contributed by atoms with Gasteiger partial charge in [-0.05, 0) is 42.0 Å². The van der Waals surface area contributed by atoms with E-state index in [-0.39, 0.29) is 11.8 Å². The summed E-state index contributed by atoms with van der Waals surface area (Å²) in [5.74, 6) is 0.747. The molecule has 1 atom stereocenters.